The molecule has 2 N–H and O–H groups in total. The molecule has 0 spiro atoms. The van der Waals surface area contributed by atoms with Crippen molar-refractivity contribution in [3.8, 4) is 11.5 Å². The molecule has 2 aromatic carbocycles. The van der Waals surface area contributed by atoms with Crippen LogP contribution >= 0.6 is 12.2 Å². The Bertz CT molecular complexity index is 888. The second kappa shape index (κ2) is 7.89. The molecule has 27 heavy (non-hydrogen) atoms. The Morgan fingerprint density at radius 1 is 1.26 bits per heavy atom. The van der Waals surface area contributed by atoms with E-state index < -0.39 is 24.0 Å². The van der Waals surface area contributed by atoms with Gasteiger partial charge < -0.3 is 24.6 Å². The topological polar surface area (TPSA) is 77.0 Å². The molecule has 1 aliphatic rings. The van der Waals surface area contributed by atoms with Crippen molar-refractivity contribution in [1.29, 1.82) is 0 Å². The van der Waals surface area contributed by atoms with E-state index in [4.69, 9.17) is 26.4 Å². The van der Waals surface area contributed by atoms with E-state index in [1.165, 1.54) is 26.4 Å². The molecule has 8 heteroatoms. The van der Waals surface area contributed by atoms with Crippen LogP contribution < -0.4 is 14.8 Å². The highest BCUT2D eigenvalue weighted by atomic mass is 32.1. The first-order chi connectivity index (χ1) is 12.9. The molecule has 0 saturated heterocycles. The molecule has 0 fully saturated rings. The third-order valence-electron chi connectivity index (χ3n) is 4.22. The summed E-state index contributed by atoms with van der Waals surface area (Å²) in [6.45, 7) is 0. The number of hydrogen-bond donors (Lipinski definition) is 2. The van der Waals surface area contributed by atoms with Crippen LogP contribution in [-0.2, 0) is 9.53 Å². The van der Waals surface area contributed by atoms with Crippen molar-refractivity contribution in [2.75, 3.05) is 19.5 Å². The van der Waals surface area contributed by atoms with Crippen LogP contribution in [0.5, 0.6) is 11.5 Å². The largest absolute Gasteiger partial charge is 0.493 e. The molecule has 1 heterocycles. The minimum absolute atomic E-state index is 0.217. The Morgan fingerprint density at radius 3 is 2.70 bits per heavy atom. The SMILES string of the molecule is COc1cccc([C@H]2O[C@H](CC(=O)O)C(=S)Nc3ccc(F)cc32)c1OC. The average molecular weight is 391 g/mol. The van der Waals surface area contributed by atoms with Crippen LogP contribution in [0.25, 0.3) is 0 Å². The number of rotatable bonds is 5. The number of benzene rings is 2. The van der Waals surface area contributed by atoms with Gasteiger partial charge in [0.1, 0.15) is 23.0 Å². The highest BCUT2D eigenvalue weighted by molar-refractivity contribution is 7.80. The monoisotopic (exact) mass is 391 g/mol. The van der Waals surface area contributed by atoms with Gasteiger partial charge in [-0.15, -0.1) is 0 Å². The van der Waals surface area contributed by atoms with Crippen LogP contribution in [0, 0.1) is 5.82 Å². The average Bonchev–Trinajstić information content (AvgIpc) is 2.77. The summed E-state index contributed by atoms with van der Waals surface area (Å²) in [7, 11) is 3.00. The molecule has 0 bridgehead atoms. The van der Waals surface area contributed by atoms with Crippen LogP contribution in [0.1, 0.15) is 23.7 Å². The van der Waals surface area contributed by atoms with E-state index in [1.54, 1.807) is 24.3 Å². The first kappa shape index (κ1) is 19.1. The lowest BCUT2D eigenvalue weighted by molar-refractivity contribution is -0.139. The summed E-state index contributed by atoms with van der Waals surface area (Å²) in [5.74, 6) is -0.612. The number of anilines is 1. The van der Waals surface area contributed by atoms with E-state index in [0.29, 0.717) is 28.3 Å². The molecule has 0 aromatic heterocycles. The Labute approximate surface area is 160 Å². The van der Waals surface area contributed by atoms with E-state index in [1.807, 2.05) is 0 Å². The zero-order chi connectivity index (χ0) is 19.6. The van der Waals surface area contributed by atoms with Gasteiger partial charge in [0.25, 0.3) is 0 Å². The van der Waals surface area contributed by atoms with E-state index in [-0.39, 0.29) is 11.4 Å². The van der Waals surface area contributed by atoms with Crippen molar-refractivity contribution in [3.63, 3.8) is 0 Å². The maximum Gasteiger partial charge on any atom is 0.306 e. The van der Waals surface area contributed by atoms with Crippen molar-refractivity contribution in [2.45, 2.75) is 18.6 Å². The third kappa shape index (κ3) is 3.86. The smallest absolute Gasteiger partial charge is 0.306 e. The highest BCUT2D eigenvalue weighted by Gasteiger charge is 2.33. The normalized spacial score (nSPS) is 18.9. The number of nitrogens with one attached hydrogen (secondary N) is 1. The molecule has 0 unspecified atom stereocenters. The Kier molecular flexibility index (Phi) is 5.57. The minimum atomic E-state index is -1.06. The first-order valence-corrected chi connectivity index (χ1v) is 8.54. The van der Waals surface area contributed by atoms with Crippen molar-refractivity contribution in [2.24, 2.45) is 0 Å². The lowest BCUT2D eigenvalue weighted by Crippen LogP contribution is -2.30. The van der Waals surface area contributed by atoms with Gasteiger partial charge >= 0.3 is 5.97 Å². The van der Waals surface area contributed by atoms with Gasteiger partial charge in [-0.25, -0.2) is 4.39 Å². The zero-order valence-electron chi connectivity index (χ0n) is 14.7. The number of carbonyl (C=O) groups is 1. The second-order valence-corrected chi connectivity index (χ2v) is 6.35. The van der Waals surface area contributed by atoms with E-state index >= 15 is 0 Å². The molecule has 2 aromatic rings. The van der Waals surface area contributed by atoms with E-state index in [0.717, 1.165) is 0 Å². The summed E-state index contributed by atoms with van der Waals surface area (Å²) < 4.78 is 30.9. The lowest BCUT2D eigenvalue weighted by Gasteiger charge is -2.24. The number of carboxylic acid groups (broad SMARTS) is 1. The van der Waals surface area contributed by atoms with Crippen molar-refractivity contribution in [3.05, 3.63) is 53.3 Å². The number of aliphatic carboxylic acids is 1. The van der Waals surface area contributed by atoms with Crippen LogP contribution in [-0.4, -0.2) is 36.4 Å². The Morgan fingerprint density at radius 2 is 2.04 bits per heavy atom. The number of fused-ring (bicyclic) bond motifs is 1. The molecule has 0 aliphatic carbocycles. The lowest BCUT2D eigenvalue weighted by atomic mass is 9.98. The first-order valence-electron chi connectivity index (χ1n) is 8.13. The molecule has 0 radical (unpaired) electrons. The molecule has 1 aliphatic heterocycles. The number of halogens is 1. The zero-order valence-corrected chi connectivity index (χ0v) is 15.5. The second-order valence-electron chi connectivity index (χ2n) is 5.91. The summed E-state index contributed by atoms with van der Waals surface area (Å²) in [6.07, 6.45) is -2.03. The summed E-state index contributed by atoms with van der Waals surface area (Å²) in [4.78, 5) is 11.5. The number of methoxy groups -OCH3 is 2. The van der Waals surface area contributed by atoms with Gasteiger partial charge in [0.05, 0.1) is 20.6 Å². The molecule has 0 amide bonds. The Balaban J connectivity index is 2.18. The molecule has 142 valence electrons. The fourth-order valence-corrected chi connectivity index (χ4v) is 3.28. The van der Waals surface area contributed by atoms with E-state index in [2.05, 4.69) is 5.32 Å². The van der Waals surface area contributed by atoms with Crippen LogP contribution in [0.15, 0.2) is 36.4 Å². The van der Waals surface area contributed by atoms with Gasteiger partial charge in [0.2, 0.25) is 0 Å². The highest BCUT2D eigenvalue weighted by Crippen LogP contribution is 2.43. The number of hydrogen-bond acceptors (Lipinski definition) is 5. The van der Waals surface area contributed by atoms with Gasteiger partial charge in [-0.05, 0) is 24.3 Å². The summed E-state index contributed by atoms with van der Waals surface area (Å²) in [5, 5.41) is 12.2. The third-order valence-corrected chi connectivity index (χ3v) is 4.59. The fourth-order valence-electron chi connectivity index (χ4n) is 3.04. The molecule has 2 atom stereocenters. The maximum absolute atomic E-state index is 14.0. The van der Waals surface area contributed by atoms with E-state index in [9.17, 15) is 14.3 Å². The number of ether oxygens (including phenoxy) is 3. The molecular formula is C19H18FNO5S. The van der Waals surface area contributed by atoms with Gasteiger partial charge in [0.15, 0.2) is 11.5 Å². The van der Waals surface area contributed by atoms with Crippen LogP contribution in [0.3, 0.4) is 0 Å². The molecule has 6 nitrogen and oxygen atoms in total. The van der Waals surface area contributed by atoms with Crippen molar-refractivity contribution in [1.82, 2.24) is 0 Å². The predicted molar refractivity (Wildman–Crippen MR) is 101 cm³/mol. The van der Waals surface area contributed by atoms with Gasteiger partial charge in [0, 0.05) is 16.8 Å². The Hall–Kier alpha value is -2.71. The fraction of sp³-hybridized carbons (Fsp3) is 0.263. The van der Waals surface area contributed by atoms with Gasteiger partial charge in [-0.3, -0.25) is 4.79 Å². The molecule has 3 rings (SSSR count). The number of carboxylic acids is 1. The minimum Gasteiger partial charge on any atom is -0.493 e. The predicted octanol–water partition coefficient (Wildman–Crippen LogP) is 3.55. The summed E-state index contributed by atoms with van der Waals surface area (Å²) >= 11 is 5.30. The quantitative estimate of drug-likeness (QED) is 0.755. The maximum atomic E-state index is 14.0. The van der Waals surface area contributed by atoms with Crippen molar-refractivity contribution >= 4 is 28.9 Å². The number of thiocarbonyl (C=S) groups is 1. The van der Waals surface area contributed by atoms with Crippen molar-refractivity contribution < 1.29 is 28.5 Å². The standard InChI is InChI=1S/C19H18FNO5S/c1-24-14-5-3-4-11(18(14)25-2)17-12-8-10(20)6-7-13(12)21-19(27)15(26-17)9-16(22)23/h3-8,15,17H,9H2,1-2H3,(H,21,27)(H,22,23)/t15-,17-/m1/s1. The van der Waals surface area contributed by atoms with Gasteiger partial charge in [-0.1, -0.05) is 24.4 Å². The van der Waals surface area contributed by atoms with Crippen LogP contribution in [0.4, 0.5) is 10.1 Å². The summed E-state index contributed by atoms with van der Waals surface area (Å²) in [6, 6.07) is 9.41. The molecular weight excluding hydrogens is 373 g/mol. The summed E-state index contributed by atoms with van der Waals surface area (Å²) in [5.41, 5.74) is 1.60. The number of para-hydroxylation sites is 1. The van der Waals surface area contributed by atoms with Crippen LogP contribution in [0.2, 0.25) is 0 Å². The molecule has 0 saturated carbocycles. The van der Waals surface area contributed by atoms with Gasteiger partial charge in [-0.2, -0.15) is 0 Å².